The Labute approximate surface area is 93.0 Å². The van der Waals surface area contributed by atoms with Crippen LogP contribution >= 0.6 is 23.2 Å². The fourth-order valence-corrected chi connectivity index (χ4v) is 2.06. The number of hydrogen-bond donors (Lipinski definition) is 0. The first-order valence-electron chi connectivity index (χ1n) is 4.55. The molecule has 1 saturated carbocycles. The Morgan fingerprint density at radius 1 is 1.36 bits per heavy atom. The summed E-state index contributed by atoms with van der Waals surface area (Å²) in [6, 6.07) is 5.59. The molecule has 0 amide bonds. The van der Waals surface area contributed by atoms with E-state index in [4.69, 9.17) is 23.2 Å². The molecule has 2 atom stereocenters. The van der Waals surface area contributed by atoms with E-state index in [1.165, 1.54) is 0 Å². The summed E-state index contributed by atoms with van der Waals surface area (Å²) in [6.45, 7) is 1.64. The second kappa shape index (κ2) is 3.56. The molecule has 1 nitrogen and oxygen atoms in total. The number of rotatable bonds is 2. The maximum absolute atomic E-state index is 11.1. The van der Waals surface area contributed by atoms with E-state index in [2.05, 4.69) is 0 Å². The first-order valence-corrected chi connectivity index (χ1v) is 5.30. The van der Waals surface area contributed by atoms with Crippen LogP contribution in [0.1, 0.15) is 24.8 Å². The minimum Gasteiger partial charge on any atom is -0.300 e. The zero-order chi connectivity index (χ0) is 10.3. The molecule has 14 heavy (non-hydrogen) atoms. The highest BCUT2D eigenvalue weighted by Gasteiger charge is 2.41. The quantitative estimate of drug-likeness (QED) is 0.755. The van der Waals surface area contributed by atoms with Gasteiger partial charge in [0.05, 0.1) is 10.0 Å². The standard InChI is InChI=1S/C11H10Cl2O/c1-6(14)8-5-9(8)7-2-3-10(12)11(13)4-7/h2-4,8-9H,5H2,1H3/t8-,9+/m1/s1. The lowest BCUT2D eigenvalue weighted by molar-refractivity contribution is -0.118. The van der Waals surface area contributed by atoms with Crippen molar-refractivity contribution in [3.05, 3.63) is 33.8 Å². The molecule has 1 fully saturated rings. The highest BCUT2D eigenvalue weighted by molar-refractivity contribution is 6.42. The Balaban J connectivity index is 2.20. The molecule has 1 aliphatic carbocycles. The number of benzene rings is 1. The summed E-state index contributed by atoms with van der Waals surface area (Å²) in [7, 11) is 0. The van der Waals surface area contributed by atoms with Crippen LogP contribution in [0.2, 0.25) is 10.0 Å². The highest BCUT2D eigenvalue weighted by Crippen LogP contribution is 2.48. The van der Waals surface area contributed by atoms with Crippen molar-refractivity contribution < 1.29 is 4.79 Å². The number of ketones is 1. The number of halogens is 2. The molecule has 1 aromatic carbocycles. The van der Waals surface area contributed by atoms with Gasteiger partial charge in [-0.1, -0.05) is 29.3 Å². The van der Waals surface area contributed by atoms with E-state index in [0.717, 1.165) is 12.0 Å². The summed E-state index contributed by atoms with van der Waals surface area (Å²) in [5, 5.41) is 1.13. The molecule has 2 rings (SSSR count). The zero-order valence-corrected chi connectivity index (χ0v) is 9.27. The van der Waals surface area contributed by atoms with Crippen molar-refractivity contribution in [2.45, 2.75) is 19.3 Å². The molecule has 0 spiro atoms. The number of carbonyl (C=O) groups is 1. The van der Waals surface area contributed by atoms with Gasteiger partial charge in [0.15, 0.2) is 0 Å². The van der Waals surface area contributed by atoms with E-state index in [1.54, 1.807) is 13.0 Å². The molecule has 1 aliphatic rings. The van der Waals surface area contributed by atoms with Crippen LogP contribution in [0.4, 0.5) is 0 Å². The molecule has 3 heteroatoms. The normalized spacial score (nSPS) is 24.8. The minimum absolute atomic E-state index is 0.201. The smallest absolute Gasteiger partial charge is 0.133 e. The molecule has 0 unspecified atom stereocenters. The zero-order valence-electron chi connectivity index (χ0n) is 7.76. The molecule has 0 bridgehead atoms. The molecule has 74 valence electrons. The second-order valence-electron chi connectivity index (χ2n) is 3.73. The Morgan fingerprint density at radius 2 is 2.07 bits per heavy atom. The summed E-state index contributed by atoms with van der Waals surface area (Å²) in [5.74, 6) is 0.829. The van der Waals surface area contributed by atoms with E-state index >= 15 is 0 Å². The van der Waals surface area contributed by atoms with Crippen LogP contribution in [0.5, 0.6) is 0 Å². The summed E-state index contributed by atoms with van der Waals surface area (Å²) >= 11 is 11.7. The van der Waals surface area contributed by atoms with Crippen molar-refractivity contribution in [2.24, 2.45) is 5.92 Å². The average molecular weight is 229 g/mol. The van der Waals surface area contributed by atoms with Gasteiger partial charge in [-0.3, -0.25) is 4.79 Å². The van der Waals surface area contributed by atoms with Crippen molar-refractivity contribution in [2.75, 3.05) is 0 Å². The van der Waals surface area contributed by atoms with Crippen molar-refractivity contribution in [3.63, 3.8) is 0 Å². The van der Waals surface area contributed by atoms with Crippen molar-refractivity contribution in [3.8, 4) is 0 Å². The largest absolute Gasteiger partial charge is 0.300 e. The van der Waals surface area contributed by atoms with E-state index in [-0.39, 0.29) is 11.7 Å². The predicted molar refractivity (Wildman–Crippen MR) is 58.0 cm³/mol. The van der Waals surface area contributed by atoms with E-state index in [9.17, 15) is 4.79 Å². The Kier molecular flexibility index (Phi) is 2.54. The van der Waals surface area contributed by atoms with Gasteiger partial charge in [-0.15, -0.1) is 0 Å². The first kappa shape index (κ1) is 10.0. The van der Waals surface area contributed by atoms with Gasteiger partial charge in [0, 0.05) is 5.92 Å². The maximum Gasteiger partial charge on any atom is 0.133 e. The van der Waals surface area contributed by atoms with E-state index < -0.39 is 0 Å². The summed E-state index contributed by atoms with van der Waals surface area (Å²) in [5.41, 5.74) is 1.12. The molecule has 1 aromatic rings. The molecule has 0 saturated heterocycles. The molecular weight excluding hydrogens is 219 g/mol. The van der Waals surface area contributed by atoms with E-state index in [0.29, 0.717) is 16.0 Å². The third-order valence-corrected chi connectivity index (χ3v) is 3.42. The van der Waals surface area contributed by atoms with Gasteiger partial charge in [0.25, 0.3) is 0 Å². The van der Waals surface area contributed by atoms with Gasteiger partial charge in [-0.05, 0) is 37.0 Å². The average Bonchev–Trinajstić information content (AvgIpc) is 2.89. The van der Waals surface area contributed by atoms with Crippen LogP contribution in [0.3, 0.4) is 0 Å². The maximum atomic E-state index is 11.1. The van der Waals surface area contributed by atoms with Gasteiger partial charge in [0.1, 0.15) is 5.78 Å². The Morgan fingerprint density at radius 3 is 2.57 bits per heavy atom. The monoisotopic (exact) mass is 228 g/mol. The van der Waals surface area contributed by atoms with E-state index in [1.807, 2.05) is 12.1 Å². The third kappa shape index (κ3) is 1.79. The molecule has 0 N–H and O–H groups in total. The molecule has 0 radical (unpaired) electrons. The molecule has 0 heterocycles. The molecule has 0 aromatic heterocycles. The predicted octanol–water partition coefficient (Wildman–Crippen LogP) is 3.69. The minimum atomic E-state index is 0.201. The number of hydrogen-bond acceptors (Lipinski definition) is 1. The fraction of sp³-hybridized carbons (Fsp3) is 0.364. The summed E-state index contributed by atoms with van der Waals surface area (Å²) < 4.78 is 0. The highest BCUT2D eigenvalue weighted by atomic mass is 35.5. The van der Waals surface area contributed by atoms with Crippen molar-refractivity contribution in [1.29, 1.82) is 0 Å². The first-order chi connectivity index (χ1) is 6.59. The second-order valence-corrected chi connectivity index (χ2v) is 4.55. The lowest BCUT2D eigenvalue weighted by atomic mass is 10.1. The summed E-state index contributed by atoms with van der Waals surface area (Å²) in [6.07, 6.45) is 0.952. The van der Waals surface area contributed by atoms with Gasteiger partial charge in [-0.2, -0.15) is 0 Å². The number of carbonyl (C=O) groups excluding carboxylic acids is 1. The van der Waals surface area contributed by atoms with Crippen LogP contribution in [-0.4, -0.2) is 5.78 Å². The van der Waals surface area contributed by atoms with Crippen LogP contribution in [0.25, 0.3) is 0 Å². The van der Waals surface area contributed by atoms with Crippen LogP contribution in [-0.2, 0) is 4.79 Å². The van der Waals surface area contributed by atoms with Crippen molar-refractivity contribution in [1.82, 2.24) is 0 Å². The van der Waals surface area contributed by atoms with Gasteiger partial charge in [-0.25, -0.2) is 0 Å². The molecular formula is C11H10Cl2O. The number of Topliss-reactive ketones (excluding diaryl/α,β-unsaturated/α-hetero) is 1. The van der Waals surface area contributed by atoms with Gasteiger partial charge < -0.3 is 0 Å². The Bertz CT molecular complexity index is 387. The Hall–Kier alpha value is -0.530. The van der Waals surface area contributed by atoms with Crippen LogP contribution in [0, 0.1) is 5.92 Å². The molecule has 0 aliphatic heterocycles. The van der Waals surface area contributed by atoms with Crippen LogP contribution < -0.4 is 0 Å². The van der Waals surface area contributed by atoms with Gasteiger partial charge >= 0.3 is 0 Å². The SMILES string of the molecule is CC(=O)[C@H]1C[C@H]1c1ccc(Cl)c(Cl)c1. The lowest BCUT2D eigenvalue weighted by Gasteiger charge is -2.01. The summed E-state index contributed by atoms with van der Waals surface area (Å²) in [4.78, 5) is 11.1. The fourth-order valence-electron chi connectivity index (χ4n) is 1.76. The van der Waals surface area contributed by atoms with Gasteiger partial charge in [0.2, 0.25) is 0 Å². The topological polar surface area (TPSA) is 17.1 Å². The third-order valence-electron chi connectivity index (χ3n) is 2.68. The van der Waals surface area contributed by atoms with Crippen LogP contribution in [0.15, 0.2) is 18.2 Å². The van der Waals surface area contributed by atoms with Crippen molar-refractivity contribution >= 4 is 29.0 Å². The lowest BCUT2D eigenvalue weighted by Crippen LogP contribution is -1.94.